The molecule has 3 aliphatic rings. The summed E-state index contributed by atoms with van der Waals surface area (Å²) in [6, 6.07) is 4.65. The lowest BCUT2D eigenvalue weighted by Gasteiger charge is -2.39. The van der Waals surface area contributed by atoms with Crippen LogP contribution in [0.3, 0.4) is 0 Å². The van der Waals surface area contributed by atoms with Gasteiger partial charge in [-0.3, -0.25) is 5.10 Å². The van der Waals surface area contributed by atoms with E-state index in [0.29, 0.717) is 25.3 Å². The topological polar surface area (TPSA) is 105 Å². The highest BCUT2D eigenvalue weighted by Crippen LogP contribution is 2.38. The molecule has 6 heterocycles. The minimum Gasteiger partial charge on any atom is -0.394 e. The van der Waals surface area contributed by atoms with Gasteiger partial charge in [-0.15, -0.1) is 0 Å². The number of ether oxygens (including phenoxy) is 2. The van der Waals surface area contributed by atoms with Crippen LogP contribution in [0.1, 0.15) is 12.8 Å². The second kappa shape index (κ2) is 7.22. The molecule has 6 rings (SSSR count). The fourth-order valence-corrected chi connectivity index (χ4v) is 5.01. The molecule has 0 aromatic carbocycles. The van der Waals surface area contributed by atoms with Crippen LogP contribution >= 0.6 is 0 Å². The van der Waals surface area contributed by atoms with Crippen LogP contribution in [0.2, 0.25) is 0 Å². The number of aliphatic hydroxyl groups excluding tert-OH is 1. The Morgan fingerprint density at radius 1 is 1.17 bits per heavy atom. The maximum atomic E-state index is 9.96. The summed E-state index contributed by atoms with van der Waals surface area (Å²) in [7, 11) is 0. The highest BCUT2D eigenvalue weighted by Gasteiger charge is 2.39. The number of nitrogens with zero attached hydrogens (tertiary/aromatic N) is 6. The first-order chi connectivity index (χ1) is 14.8. The van der Waals surface area contributed by atoms with Crippen molar-refractivity contribution >= 4 is 22.5 Å². The molecule has 3 aliphatic heterocycles. The summed E-state index contributed by atoms with van der Waals surface area (Å²) in [6.45, 7) is 3.37. The molecule has 0 spiro atoms. The molecular weight excluding hydrogens is 386 g/mol. The third kappa shape index (κ3) is 2.78. The highest BCUT2D eigenvalue weighted by atomic mass is 16.5. The van der Waals surface area contributed by atoms with Gasteiger partial charge in [0.2, 0.25) is 0 Å². The van der Waals surface area contributed by atoms with E-state index in [4.69, 9.17) is 14.5 Å². The molecular formula is C20H25N7O3. The van der Waals surface area contributed by atoms with Crippen LogP contribution in [0, 0.1) is 0 Å². The predicted molar refractivity (Wildman–Crippen MR) is 110 cm³/mol. The van der Waals surface area contributed by atoms with Crippen molar-refractivity contribution in [1.29, 1.82) is 0 Å². The molecule has 10 nitrogen and oxygen atoms in total. The number of anilines is 2. The molecule has 2 N–H and O–H groups in total. The minimum atomic E-state index is -0.0888. The lowest BCUT2D eigenvalue weighted by Crippen LogP contribution is -2.48. The number of hydrogen-bond acceptors (Lipinski definition) is 8. The number of rotatable bonds is 4. The van der Waals surface area contributed by atoms with Crippen molar-refractivity contribution in [3.8, 4) is 5.82 Å². The first-order valence-electron chi connectivity index (χ1n) is 10.5. The number of nitrogens with one attached hydrogen (secondary N) is 1. The van der Waals surface area contributed by atoms with E-state index in [-0.39, 0.29) is 12.6 Å². The van der Waals surface area contributed by atoms with Gasteiger partial charge in [0.15, 0.2) is 11.5 Å². The largest absolute Gasteiger partial charge is 0.394 e. The van der Waals surface area contributed by atoms with Gasteiger partial charge in [0.05, 0.1) is 74.6 Å². The zero-order valence-electron chi connectivity index (χ0n) is 16.6. The Hall–Kier alpha value is -2.69. The lowest BCUT2D eigenvalue weighted by molar-refractivity contribution is 0.0728. The van der Waals surface area contributed by atoms with Crippen molar-refractivity contribution < 1.29 is 14.6 Å². The van der Waals surface area contributed by atoms with Crippen molar-refractivity contribution in [1.82, 2.24) is 25.0 Å². The first kappa shape index (κ1) is 18.1. The Morgan fingerprint density at radius 3 is 2.80 bits per heavy atom. The van der Waals surface area contributed by atoms with Gasteiger partial charge in [-0.1, -0.05) is 0 Å². The fraction of sp³-hybridized carbons (Fsp3) is 0.550. The van der Waals surface area contributed by atoms with Gasteiger partial charge in [0, 0.05) is 18.7 Å². The Bertz CT molecular complexity index is 1020. The summed E-state index contributed by atoms with van der Waals surface area (Å²) < 4.78 is 13.2. The van der Waals surface area contributed by atoms with Crippen molar-refractivity contribution in [3.63, 3.8) is 0 Å². The molecule has 2 unspecified atom stereocenters. The van der Waals surface area contributed by atoms with Gasteiger partial charge in [-0.25, -0.2) is 4.98 Å². The Kier molecular flexibility index (Phi) is 4.36. The summed E-state index contributed by atoms with van der Waals surface area (Å²) in [5, 5.41) is 22.6. The number of morpholine rings is 2. The number of pyridine rings is 1. The van der Waals surface area contributed by atoms with Gasteiger partial charge >= 0.3 is 0 Å². The molecule has 3 aromatic heterocycles. The Labute approximate surface area is 173 Å². The number of aromatic amines is 1. The quantitative estimate of drug-likeness (QED) is 0.647. The molecule has 0 saturated carbocycles. The fourth-order valence-electron chi connectivity index (χ4n) is 5.01. The van der Waals surface area contributed by atoms with E-state index in [1.54, 1.807) is 10.9 Å². The number of aliphatic hydroxyl groups is 1. The van der Waals surface area contributed by atoms with Crippen molar-refractivity contribution in [2.75, 3.05) is 49.4 Å². The van der Waals surface area contributed by atoms with Gasteiger partial charge in [-0.05, 0) is 12.8 Å². The second-order valence-corrected chi connectivity index (χ2v) is 8.17. The summed E-state index contributed by atoms with van der Waals surface area (Å²) >= 11 is 0. The van der Waals surface area contributed by atoms with Crippen LogP contribution < -0.4 is 9.80 Å². The molecule has 0 aliphatic carbocycles. The second-order valence-electron chi connectivity index (χ2n) is 8.17. The number of aromatic nitrogens is 5. The van der Waals surface area contributed by atoms with Crippen molar-refractivity contribution in [2.24, 2.45) is 0 Å². The van der Waals surface area contributed by atoms with Crippen LogP contribution in [-0.2, 0) is 9.47 Å². The van der Waals surface area contributed by atoms with Gasteiger partial charge < -0.3 is 24.4 Å². The third-order valence-corrected chi connectivity index (χ3v) is 6.47. The van der Waals surface area contributed by atoms with Crippen molar-refractivity contribution in [3.05, 3.63) is 24.5 Å². The van der Waals surface area contributed by atoms with E-state index in [9.17, 15) is 5.11 Å². The van der Waals surface area contributed by atoms with E-state index in [1.165, 1.54) is 0 Å². The summed E-state index contributed by atoms with van der Waals surface area (Å²) in [4.78, 5) is 9.72. The molecule has 158 valence electrons. The number of hydrogen-bond donors (Lipinski definition) is 2. The summed E-state index contributed by atoms with van der Waals surface area (Å²) in [5.74, 6) is 1.71. The Balaban J connectivity index is 1.53. The molecule has 3 saturated heterocycles. The molecule has 30 heavy (non-hydrogen) atoms. The average molecular weight is 411 g/mol. The molecule has 10 heteroatoms. The average Bonchev–Trinajstić information content (AvgIpc) is 3.51. The van der Waals surface area contributed by atoms with E-state index >= 15 is 0 Å². The van der Waals surface area contributed by atoms with Crippen LogP contribution in [-0.4, -0.2) is 87.8 Å². The normalized spacial score (nSPS) is 26.6. The molecule has 0 radical (unpaired) electrons. The maximum absolute atomic E-state index is 9.96. The van der Waals surface area contributed by atoms with E-state index < -0.39 is 0 Å². The monoisotopic (exact) mass is 411 g/mol. The zero-order chi connectivity index (χ0) is 20.1. The lowest BCUT2D eigenvalue weighted by atomic mass is 10.1. The van der Waals surface area contributed by atoms with Crippen LogP contribution in [0.15, 0.2) is 24.5 Å². The molecule has 2 bridgehead atoms. The molecule has 3 fully saturated rings. The van der Waals surface area contributed by atoms with E-state index in [0.717, 1.165) is 61.0 Å². The predicted octanol–water partition coefficient (Wildman–Crippen LogP) is 0.709. The van der Waals surface area contributed by atoms with Crippen LogP contribution in [0.4, 0.5) is 11.5 Å². The summed E-state index contributed by atoms with van der Waals surface area (Å²) in [5.41, 5.74) is 1.81. The first-order valence-corrected chi connectivity index (χ1v) is 10.5. The van der Waals surface area contributed by atoms with Gasteiger partial charge in [0.1, 0.15) is 5.82 Å². The summed E-state index contributed by atoms with van der Waals surface area (Å²) in [6.07, 6.45) is 5.80. The minimum absolute atomic E-state index is 0.0383. The van der Waals surface area contributed by atoms with Crippen LogP contribution in [0.5, 0.6) is 0 Å². The smallest absolute Gasteiger partial charge is 0.169 e. The third-order valence-electron chi connectivity index (χ3n) is 6.47. The van der Waals surface area contributed by atoms with E-state index in [1.807, 2.05) is 12.3 Å². The molecule has 3 atom stereocenters. The van der Waals surface area contributed by atoms with Gasteiger partial charge in [-0.2, -0.15) is 14.9 Å². The maximum Gasteiger partial charge on any atom is 0.169 e. The SMILES string of the molecule is OC[C@@H]1COCCN1c1cc(N2C3CCC2COC3)nc2c1cnn2-c1ccn[nH]1. The standard InChI is InChI=1S/C20H25N7O3/c28-9-15-12-29-6-5-25(15)17-7-19(26-13-1-2-14(26)11-30-10-13)23-20-16(17)8-22-27(20)18-3-4-21-24-18/h3-4,7-8,13-15,28H,1-2,5-6,9-12H2,(H,21,24)/t13?,14?,15-/m1/s1. The van der Waals surface area contributed by atoms with Gasteiger partial charge in [0.25, 0.3) is 0 Å². The van der Waals surface area contributed by atoms with Crippen LogP contribution in [0.25, 0.3) is 16.9 Å². The van der Waals surface area contributed by atoms with E-state index in [2.05, 4.69) is 31.2 Å². The number of H-pyrrole nitrogens is 1. The van der Waals surface area contributed by atoms with Crippen molar-refractivity contribution in [2.45, 2.75) is 31.0 Å². The zero-order valence-corrected chi connectivity index (χ0v) is 16.6. The number of fused-ring (bicyclic) bond motifs is 3. The molecule has 0 amide bonds. The highest BCUT2D eigenvalue weighted by molar-refractivity contribution is 5.92. The Morgan fingerprint density at radius 2 is 2.03 bits per heavy atom. The molecule has 3 aromatic rings.